The Bertz CT molecular complexity index is 928. The van der Waals surface area contributed by atoms with E-state index < -0.39 is 5.57 Å². The summed E-state index contributed by atoms with van der Waals surface area (Å²) in [6, 6.07) is 9.64. The van der Waals surface area contributed by atoms with Crippen LogP contribution in [0.5, 0.6) is 5.75 Å². The van der Waals surface area contributed by atoms with E-state index in [-0.39, 0.29) is 17.1 Å². The van der Waals surface area contributed by atoms with Crippen LogP contribution in [0.3, 0.4) is 0 Å². The van der Waals surface area contributed by atoms with Crippen LogP contribution in [0.25, 0.3) is 0 Å². The highest BCUT2D eigenvalue weighted by Gasteiger charge is 2.38. The lowest BCUT2D eigenvalue weighted by Gasteiger charge is -2.26. The predicted octanol–water partition coefficient (Wildman–Crippen LogP) is 6.38. The van der Waals surface area contributed by atoms with E-state index in [0.29, 0.717) is 17.3 Å². The summed E-state index contributed by atoms with van der Waals surface area (Å²) in [5.74, 6) is -0.387. The summed E-state index contributed by atoms with van der Waals surface area (Å²) in [5.41, 5.74) is -0.673. The minimum atomic E-state index is -3.78. The Hall–Kier alpha value is -1.86. The van der Waals surface area contributed by atoms with Crippen molar-refractivity contribution in [3.05, 3.63) is 52.0 Å². The normalized spacial score (nSPS) is 15.4. The van der Waals surface area contributed by atoms with Crippen molar-refractivity contribution >= 4 is 44.8 Å². The van der Waals surface area contributed by atoms with Gasteiger partial charge in [-0.2, -0.15) is 0 Å². The van der Waals surface area contributed by atoms with Crippen LogP contribution in [0.15, 0.2) is 40.9 Å². The minimum Gasteiger partial charge on any atom is -0.420 e. The Labute approximate surface area is 182 Å². The molecule has 156 valence electrons. The molecule has 0 spiro atoms. The van der Waals surface area contributed by atoms with Gasteiger partial charge in [0.2, 0.25) is 0 Å². The number of carbonyl (C=O) groups is 1. The van der Waals surface area contributed by atoms with Crippen LogP contribution < -0.4 is 15.0 Å². The number of benzene rings is 2. The van der Waals surface area contributed by atoms with Gasteiger partial charge in [0.05, 0.1) is 5.69 Å². The average molecular weight is 488 g/mol. The number of ether oxygens (including phenoxy) is 1. The molecule has 0 aromatic heterocycles. The van der Waals surface area contributed by atoms with E-state index in [1.54, 1.807) is 6.07 Å². The number of anilines is 2. The first kappa shape index (κ1) is 21.8. The smallest absolute Gasteiger partial charge is 0.420 e. The zero-order chi connectivity index (χ0) is 21.6. The summed E-state index contributed by atoms with van der Waals surface area (Å²) in [7, 11) is 0. The summed E-state index contributed by atoms with van der Waals surface area (Å²) in [6.45, 7) is 9.48. The first-order valence-corrected chi connectivity index (χ1v) is 10.3. The largest absolute Gasteiger partial charge is 0.487 e. The third-order valence-electron chi connectivity index (χ3n) is 4.88. The fourth-order valence-corrected chi connectivity index (χ4v) is 4.29. The third-order valence-corrected chi connectivity index (χ3v) is 5.56. The van der Waals surface area contributed by atoms with Crippen molar-refractivity contribution in [3.8, 4) is 5.75 Å². The van der Waals surface area contributed by atoms with Crippen LogP contribution in [0.4, 0.5) is 20.2 Å². The van der Waals surface area contributed by atoms with Gasteiger partial charge in [0.25, 0.3) is 5.91 Å². The molecule has 1 aliphatic heterocycles. The number of nitrogens with zero attached hydrogens (tertiary/aromatic N) is 1. The van der Waals surface area contributed by atoms with Crippen LogP contribution in [0.1, 0.15) is 43.6 Å². The summed E-state index contributed by atoms with van der Waals surface area (Å²) in [5, 5.41) is 2.78. The SMILES string of the molecule is CC(C)N1CC(C)(C)c2cc(C(=O)Nc3ccc(OC(F)(F)Cl)cc3)cc(Br)c21. The van der Waals surface area contributed by atoms with E-state index in [4.69, 9.17) is 11.6 Å². The van der Waals surface area contributed by atoms with Crippen molar-refractivity contribution in [3.63, 3.8) is 0 Å². The van der Waals surface area contributed by atoms with E-state index >= 15 is 0 Å². The average Bonchev–Trinajstić information content (AvgIpc) is 2.87. The topological polar surface area (TPSA) is 41.6 Å². The molecular weight excluding hydrogens is 466 g/mol. The summed E-state index contributed by atoms with van der Waals surface area (Å²) >= 11 is 8.38. The van der Waals surface area contributed by atoms with E-state index in [2.05, 4.69) is 58.6 Å². The van der Waals surface area contributed by atoms with Gasteiger partial charge in [0, 0.05) is 45.3 Å². The van der Waals surface area contributed by atoms with Crippen molar-refractivity contribution < 1.29 is 18.3 Å². The standard InChI is InChI=1S/C21H22BrClF2N2O2/c1-12(2)27-11-20(3,4)16-9-13(10-17(22)18(16)27)19(28)26-14-5-7-15(8-6-14)29-21(23,24)25/h5-10,12H,11H2,1-4H3,(H,26,28). The van der Waals surface area contributed by atoms with Crippen molar-refractivity contribution in [2.24, 2.45) is 0 Å². The lowest BCUT2D eigenvalue weighted by Crippen LogP contribution is -2.33. The van der Waals surface area contributed by atoms with Gasteiger partial charge < -0.3 is 15.0 Å². The predicted molar refractivity (Wildman–Crippen MR) is 115 cm³/mol. The number of fused-ring (bicyclic) bond motifs is 1. The zero-order valence-corrected chi connectivity index (χ0v) is 18.9. The molecule has 4 nitrogen and oxygen atoms in total. The lowest BCUT2D eigenvalue weighted by molar-refractivity contribution is -0.0964. The number of hydrogen-bond donors (Lipinski definition) is 1. The highest BCUT2D eigenvalue weighted by molar-refractivity contribution is 9.10. The van der Waals surface area contributed by atoms with Gasteiger partial charge in [-0.25, -0.2) is 0 Å². The Morgan fingerprint density at radius 1 is 1.28 bits per heavy atom. The van der Waals surface area contributed by atoms with Gasteiger partial charge in [0.15, 0.2) is 0 Å². The summed E-state index contributed by atoms with van der Waals surface area (Å²) in [4.78, 5) is 15.1. The quantitative estimate of drug-likeness (QED) is 0.498. The number of amides is 1. The Kier molecular flexibility index (Phi) is 5.84. The van der Waals surface area contributed by atoms with Crippen LogP contribution in [0, 0.1) is 0 Å². The minimum absolute atomic E-state index is 0.0931. The molecule has 1 N–H and O–H groups in total. The molecule has 29 heavy (non-hydrogen) atoms. The van der Waals surface area contributed by atoms with E-state index in [1.807, 2.05) is 6.07 Å². The van der Waals surface area contributed by atoms with Gasteiger partial charge in [0.1, 0.15) is 5.75 Å². The Balaban J connectivity index is 1.83. The summed E-state index contributed by atoms with van der Waals surface area (Å²) in [6.07, 6.45) is 0. The first-order chi connectivity index (χ1) is 13.4. The van der Waals surface area contributed by atoms with Crippen molar-refractivity contribution in [2.75, 3.05) is 16.8 Å². The number of hydrogen-bond acceptors (Lipinski definition) is 3. The van der Waals surface area contributed by atoms with Crippen LogP contribution in [0.2, 0.25) is 0 Å². The molecule has 0 bridgehead atoms. The maximum absolute atomic E-state index is 12.8. The molecule has 1 aliphatic rings. The molecule has 2 aromatic rings. The Morgan fingerprint density at radius 3 is 2.45 bits per heavy atom. The molecule has 1 heterocycles. The highest BCUT2D eigenvalue weighted by Crippen LogP contribution is 2.46. The molecule has 3 rings (SSSR count). The molecular formula is C21H22BrClF2N2O2. The van der Waals surface area contributed by atoms with Crippen molar-refractivity contribution in [1.82, 2.24) is 0 Å². The first-order valence-electron chi connectivity index (χ1n) is 9.15. The second-order valence-electron chi connectivity index (χ2n) is 7.99. The van der Waals surface area contributed by atoms with Gasteiger partial charge in [-0.3, -0.25) is 4.79 Å². The molecule has 0 saturated heterocycles. The maximum atomic E-state index is 12.8. The second kappa shape index (κ2) is 7.76. The number of halogens is 4. The molecule has 8 heteroatoms. The zero-order valence-electron chi connectivity index (χ0n) is 16.5. The lowest BCUT2D eigenvalue weighted by atomic mass is 9.86. The van der Waals surface area contributed by atoms with Gasteiger partial charge in [-0.1, -0.05) is 13.8 Å². The number of alkyl halides is 3. The third kappa shape index (κ3) is 4.83. The fraction of sp³-hybridized carbons (Fsp3) is 0.381. The van der Waals surface area contributed by atoms with Crippen molar-refractivity contribution in [2.45, 2.75) is 44.7 Å². The molecule has 0 fully saturated rings. The number of rotatable bonds is 5. The highest BCUT2D eigenvalue weighted by atomic mass is 79.9. The summed E-state index contributed by atoms with van der Waals surface area (Å²) < 4.78 is 30.5. The molecule has 1 amide bonds. The number of carbonyl (C=O) groups excluding carboxylic acids is 1. The van der Waals surface area contributed by atoms with Gasteiger partial charge in [-0.05, 0) is 71.7 Å². The molecule has 0 radical (unpaired) electrons. The van der Waals surface area contributed by atoms with E-state index in [1.165, 1.54) is 24.3 Å². The fourth-order valence-electron chi connectivity index (χ4n) is 3.51. The Morgan fingerprint density at radius 2 is 1.90 bits per heavy atom. The molecule has 0 unspecified atom stereocenters. The molecule has 0 atom stereocenters. The number of nitrogens with one attached hydrogen (secondary N) is 1. The maximum Gasteiger partial charge on any atom is 0.487 e. The van der Waals surface area contributed by atoms with Crippen molar-refractivity contribution in [1.29, 1.82) is 0 Å². The van der Waals surface area contributed by atoms with Gasteiger partial charge >= 0.3 is 5.57 Å². The van der Waals surface area contributed by atoms with Crippen LogP contribution in [-0.4, -0.2) is 24.1 Å². The van der Waals surface area contributed by atoms with E-state index in [0.717, 1.165) is 22.3 Å². The van der Waals surface area contributed by atoms with Crippen LogP contribution >= 0.6 is 27.5 Å². The van der Waals surface area contributed by atoms with E-state index in [9.17, 15) is 13.6 Å². The van der Waals surface area contributed by atoms with Gasteiger partial charge in [-0.15, -0.1) is 8.78 Å². The molecule has 0 saturated carbocycles. The monoisotopic (exact) mass is 486 g/mol. The van der Waals surface area contributed by atoms with Crippen LogP contribution in [-0.2, 0) is 5.41 Å². The second-order valence-corrected chi connectivity index (χ2v) is 9.28. The molecule has 2 aromatic carbocycles. The molecule has 0 aliphatic carbocycles.